The molecular formula is C26H25ClFN7O. The number of hydrogen-bond acceptors (Lipinski definition) is 6. The van der Waals surface area contributed by atoms with Crippen molar-refractivity contribution in [1.29, 1.82) is 0 Å². The number of carbonyl (C=O) groups excluding carboxylic acids is 1. The van der Waals surface area contributed by atoms with Gasteiger partial charge in [0.05, 0.1) is 16.8 Å². The first kappa shape index (κ1) is 23.9. The van der Waals surface area contributed by atoms with E-state index in [-0.39, 0.29) is 17.4 Å². The van der Waals surface area contributed by atoms with Crippen molar-refractivity contribution in [3.8, 4) is 16.9 Å². The van der Waals surface area contributed by atoms with Crippen LogP contribution in [0.2, 0.25) is 5.02 Å². The Morgan fingerprint density at radius 3 is 2.64 bits per heavy atom. The van der Waals surface area contributed by atoms with E-state index >= 15 is 4.39 Å². The Balaban J connectivity index is 1.45. The Morgan fingerprint density at radius 2 is 1.94 bits per heavy atom. The number of hydrogen-bond donors (Lipinski definition) is 1. The average molecular weight is 506 g/mol. The number of aromatic nitrogens is 4. The molecule has 0 aliphatic heterocycles. The molecule has 2 N–H and O–H groups in total. The van der Waals surface area contributed by atoms with Crippen molar-refractivity contribution >= 4 is 40.0 Å². The lowest BCUT2D eigenvalue weighted by atomic mass is 10.1. The van der Waals surface area contributed by atoms with Gasteiger partial charge in [-0.05, 0) is 44.2 Å². The maximum absolute atomic E-state index is 15.2. The zero-order valence-electron chi connectivity index (χ0n) is 19.9. The Kier molecular flexibility index (Phi) is 6.42. The SMILES string of the molecule is CN(C(=O)/C=C/CN(C)C1CC1)c1ccc(-n2nc(-c3ccc(Cl)cc3)c3c(N)ncnc32)cc1F. The van der Waals surface area contributed by atoms with Gasteiger partial charge in [0.2, 0.25) is 0 Å². The molecule has 1 amide bonds. The van der Waals surface area contributed by atoms with Crippen LogP contribution in [0.1, 0.15) is 12.8 Å². The fourth-order valence-electron chi connectivity index (χ4n) is 4.08. The Morgan fingerprint density at radius 1 is 1.19 bits per heavy atom. The first-order valence-electron chi connectivity index (χ1n) is 11.5. The molecule has 1 saturated carbocycles. The number of anilines is 2. The highest BCUT2D eigenvalue weighted by Crippen LogP contribution is 2.33. The molecule has 0 radical (unpaired) electrons. The molecule has 1 fully saturated rings. The molecule has 184 valence electrons. The van der Waals surface area contributed by atoms with Gasteiger partial charge in [-0.1, -0.05) is 29.8 Å². The molecule has 0 spiro atoms. The van der Waals surface area contributed by atoms with E-state index in [0.717, 1.165) is 5.56 Å². The first-order chi connectivity index (χ1) is 17.3. The molecule has 2 heterocycles. The average Bonchev–Trinajstić information content (AvgIpc) is 3.65. The van der Waals surface area contributed by atoms with E-state index < -0.39 is 5.82 Å². The summed E-state index contributed by atoms with van der Waals surface area (Å²) in [4.78, 5) is 24.5. The quantitative estimate of drug-likeness (QED) is 0.372. The van der Waals surface area contributed by atoms with Crippen molar-refractivity contribution in [3.63, 3.8) is 0 Å². The summed E-state index contributed by atoms with van der Waals surface area (Å²) in [6.45, 7) is 0.680. The maximum Gasteiger partial charge on any atom is 0.250 e. The van der Waals surface area contributed by atoms with Gasteiger partial charge in [-0.2, -0.15) is 5.10 Å². The molecule has 5 rings (SSSR count). The van der Waals surface area contributed by atoms with Crippen LogP contribution in [0.25, 0.3) is 28.0 Å². The molecule has 1 aliphatic carbocycles. The number of amides is 1. The number of carbonyl (C=O) groups is 1. The fraction of sp³-hybridized carbons (Fsp3) is 0.231. The highest BCUT2D eigenvalue weighted by Gasteiger charge is 2.25. The molecule has 2 aromatic carbocycles. The summed E-state index contributed by atoms with van der Waals surface area (Å²) < 4.78 is 16.7. The zero-order valence-corrected chi connectivity index (χ0v) is 20.7. The molecule has 10 heteroatoms. The summed E-state index contributed by atoms with van der Waals surface area (Å²) in [5.74, 6) is -0.607. The van der Waals surface area contributed by atoms with Crippen LogP contribution >= 0.6 is 11.6 Å². The predicted octanol–water partition coefficient (Wildman–Crippen LogP) is 4.47. The molecular weight excluding hydrogens is 481 g/mol. The topological polar surface area (TPSA) is 93.2 Å². The third-order valence-corrected chi connectivity index (χ3v) is 6.56. The summed E-state index contributed by atoms with van der Waals surface area (Å²) in [7, 11) is 3.58. The lowest BCUT2D eigenvalue weighted by Gasteiger charge is -2.17. The number of fused-ring (bicyclic) bond motifs is 1. The van der Waals surface area contributed by atoms with E-state index in [9.17, 15) is 4.79 Å². The van der Waals surface area contributed by atoms with Gasteiger partial charge in [-0.25, -0.2) is 19.0 Å². The van der Waals surface area contributed by atoms with Gasteiger partial charge in [-0.15, -0.1) is 0 Å². The standard InChI is InChI=1S/C26H25ClFN7O/c1-33(18-9-10-18)13-3-4-22(36)34(2)21-12-11-19(14-20(21)28)35-26-23(25(29)30-15-31-26)24(32-35)16-5-7-17(27)8-6-16/h3-8,11-12,14-15,18H,9-10,13H2,1-2H3,(H2,29,30,31)/b4-3+. The van der Waals surface area contributed by atoms with Gasteiger partial charge in [0.15, 0.2) is 5.65 Å². The second-order valence-corrected chi connectivity index (χ2v) is 9.27. The van der Waals surface area contributed by atoms with Crippen LogP contribution in [0.3, 0.4) is 0 Å². The second-order valence-electron chi connectivity index (χ2n) is 8.83. The number of nitrogen functional groups attached to an aromatic ring is 1. The monoisotopic (exact) mass is 505 g/mol. The van der Waals surface area contributed by atoms with E-state index in [2.05, 4.69) is 20.0 Å². The van der Waals surface area contributed by atoms with Crippen molar-refractivity contribution in [1.82, 2.24) is 24.6 Å². The molecule has 0 atom stereocenters. The molecule has 36 heavy (non-hydrogen) atoms. The molecule has 0 saturated heterocycles. The zero-order chi connectivity index (χ0) is 25.4. The summed E-state index contributed by atoms with van der Waals surface area (Å²) >= 11 is 6.04. The smallest absolute Gasteiger partial charge is 0.250 e. The van der Waals surface area contributed by atoms with Gasteiger partial charge < -0.3 is 10.6 Å². The normalized spacial score (nSPS) is 13.7. The molecule has 8 nitrogen and oxygen atoms in total. The number of likely N-dealkylation sites (N-methyl/N-ethyl adjacent to an activating group) is 2. The highest BCUT2D eigenvalue weighted by molar-refractivity contribution is 6.30. The van der Waals surface area contributed by atoms with Crippen molar-refractivity contribution in [2.24, 2.45) is 0 Å². The Bertz CT molecular complexity index is 1460. The van der Waals surface area contributed by atoms with Crippen LogP contribution in [0.5, 0.6) is 0 Å². The van der Waals surface area contributed by atoms with E-state index in [0.29, 0.717) is 40.0 Å². The van der Waals surface area contributed by atoms with Gasteiger partial charge in [0, 0.05) is 42.4 Å². The number of benzene rings is 2. The molecule has 1 aliphatic rings. The minimum Gasteiger partial charge on any atom is -0.383 e. The summed E-state index contributed by atoms with van der Waals surface area (Å²) in [5, 5.41) is 5.82. The van der Waals surface area contributed by atoms with Crippen LogP contribution in [0.4, 0.5) is 15.9 Å². The number of halogens is 2. The summed E-state index contributed by atoms with van der Waals surface area (Å²) in [5.41, 5.74) is 8.52. The third-order valence-electron chi connectivity index (χ3n) is 6.30. The highest BCUT2D eigenvalue weighted by atomic mass is 35.5. The minimum atomic E-state index is -0.564. The van der Waals surface area contributed by atoms with Gasteiger partial charge in [-0.3, -0.25) is 9.69 Å². The number of nitrogens with zero attached hydrogens (tertiary/aromatic N) is 6. The number of rotatable bonds is 7. The maximum atomic E-state index is 15.2. The number of nitrogens with two attached hydrogens (primary N) is 1. The van der Waals surface area contributed by atoms with Crippen LogP contribution in [-0.4, -0.2) is 57.2 Å². The van der Waals surface area contributed by atoms with E-state index in [1.165, 1.54) is 40.9 Å². The molecule has 0 unspecified atom stereocenters. The Hall–Kier alpha value is -3.82. The van der Waals surface area contributed by atoms with Crippen molar-refractivity contribution in [2.45, 2.75) is 18.9 Å². The molecule has 4 aromatic rings. The van der Waals surface area contributed by atoms with Crippen LogP contribution in [0.15, 0.2) is 60.9 Å². The summed E-state index contributed by atoms with van der Waals surface area (Å²) in [6.07, 6.45) is 7.01. The third kappa shape index (κ3) is 4.67. The van der Waals surface area contributed by atoms with E-state index in [1.54, 1.807) is 31.3 Å². The lowest BCUT2D eigenvalue weighted by Crippen LogP contribution is -2.26. The second kappa shape index (κ2) is 9.67. The van der Waals surface area contributed by atoms with Crippen LogP contribution in [-0.2, 0) is 4.79 Å². The van der Waals surface area contributed by atoms with Gasteiger partial charge in [0.25, 0.3) is 5.91 Å². The van der Waals surface area contributed by atoms with E-state index in [1.807, 2.05) is 25.3 Å². The van der Waals surface area contributed by atoms with Crippen molar-refractivity contribution in [3.05, 3.63) is 71.8 Å². The van der Waals surface area contributed by atoms with E-state index in [4.69, 9.17) is 17.3 Å². The first-order valence-corrected chi connectivity index (χ1v) is 11.9. The fourth-order valence-corrected chi connectivity index (χ4v) is 4.20. The predicted molar refractivity (Wildman–Crippen MR) is 140 cm³/mol. The van der Waals surface area contributed by atoms with Crippen molar-refractivity contribution in [2.75, 3.05) is 31.3 Å². The molecule has 2 aromatic heterocycles. The molecule has 0 bridgehead atoms. The Labute approximate surface area is 212 Å². The van der Waals surface area contributed by atoms with Crippen LogP contribution < -0.4 is 10.6 Å². The minimum absolute atomic E-state index is 0.160. The largest absolute Gasteiger partial charge is 0.383 e. The van der Waals surface area contributed by atoms with Crippen LogP contribution in [0, 0.1) is 5.82 Å². The van der Waals surface area contributed by atoms with Gasteiger partial charge in [0.1, 0.15) is 23.7 Å². The summed E-state index contributed by atoms with van der Waals surface area (Å²) in [6, 6.07) is 12.3. The van der Waals surface area contributed by atoms with Gasteiger partial charge >= 0.3 is 0 Å². The van der Waals surface area contributed by atoms with Crippen molar-refractivity contribution < 1.29 is 9.18 Å². The lowest BCUT2D eigenvalue weighted by molar-refractivity contribution is -0.113.